The summed E-state index contributed by atoms with van der Waals surface area (Å²) in [7, 11) is 0. The number of likely N-dealkylation sites (tertiary alicyclic amines) is 1. The summed E-state index contributed by atoms with van der Waals surface area (Å²) in [5.41, 5.74) is 5.53. The van der Waals surface area contributed by atoms with Crippen molar-refractivity contribution in [1.29, 1.82) is 0 Å². The molecule has 0 aromatic carbocycles. The third-order valence-electron chi connectivity index (χ3n) is 4.12. The molecule has 108 valence electrons. The summed E-state index contributed by atoms with van der Waals surface area (Å²) in [6.07, 6.45) is 2.52. The number of hydrogen-bond acceptors (Lipinski definition) is 4. The second kappa shape index (κ2) is 5.88. The van der Waals surface area contributed by atoms with E-state index in [1.54, 1.807) is 0 Å². The van der Waals surface area contributed by atoms with Crippen molar-refractivity contribution < 1.29 is 19.4 Å². The lowest BCUT2D eigenvalue weighted by atomic mass is 9.90. The van der Waals surface area contributed by atoms with Gasteiger partial charge in [0.25, 0.3) is 5.91 Å². The van der Waals surface area contributed by atoms with Crippen molar-refractivity contribution in [1.82, 2.24) is 4.90 Å². The molecule has 0 aromatic heterocycles. The first-order valence-electron chi connectivity index (χ1n) is 6.93. The second-order valence-corrected chi connectivity index (χ2v) is 5.49. The zero-order valence-corrected chi connectivity index (χ0v) is 11.2. The first kappa shape index (κ1) is 14.3. The summed E-state index contributed by atoms with van der Waals surface area (Å²) >= 11 is 0. The van der Waals surface area contributed by atoms with E-state index in [1.807, 2.05) is 6.92 Å². The highest BCUT2D eigenvalue weighted by molar-refractivity contribution is 5.87. The van der Waals surface area contributed by atoms with Crippen LogP contribution in [0.3, 0.4) is 0 Å². The normalized spacial score (nSPS) is 35.4. The van der Waals surface area contributed by atoms with E-state index >= 15 is 0 Å². The molecule has 2 fully saturated rings. The number of nitrogens with two attached hydrogens (primary N) is 1. The van der Waals surface area contributed by atoms with Gasteiger partial charge in [0.05, 0.1) is 6.10 Å². The number of piperidine rings is 1. The molecule has 2 rings (SSSR count). The number of carboxylic acid groups (broad SMARTS) is 1. The summed E-state index contributed by atoms with van der Waals surface area (Å²) in [5, 5.41) is 9.31. The predicted octanol–water partition coefficient (Wildman–Crippen LogP) is 0.204. The largest absolute Gasteiger partial charge is 0.480 e. The average molecular weight is 270 g/mol. The lowest BCUT2D eigenvalue weighted by Gasteiger charge is -2.38. The maximum atomic E-state index is 12.4. The van der Waals surface area contributed by atoms with Crippen LogP contribution in [0.15, 0.2) is 0 Å². The van der Waals surface area contributed by atoms with Crippen molar-refractivity contribution in [2.45, 2.75) is 50.9 Å². The highest BCUT2D eigenvalue weighted by Crippen LogP contribution is 2.27. The molecule has 0 bridgehead atoms. The van der Waals surface area contributed by atoms with Crippen molar-refractivity contribution in [2.75, 3.05) is 13.1 Å². The Morgan fingerprint density at radius 3 is 2.68 bits per heavy atom. The van der Waals surface area contributed by atoms with E-state index in [4.69, 9.17) is 10.5 Å². The molecule has 2 heterocycles. The minimum atomic E-state index is -0.922. The molecule has 2 aliphatic heterocycles. The van der Waals surface area contributed by atoms with Gasteiger partial charge >= 0.3 is 5.97 Å². The first-order valence-corrected chi connectivity index (χ1v) is 6.93. The van der Waals surface area contributed by atoms with Crippen LogP contribution in [0.25, 0.3) is 0 Å². The molecule has 6 nitrogen and oxygen atoms in total. The van der Waals surface area contributed by atoms with Gasteiger partial charge in [0.1, 0.15) is 12.1 Å². The van der Waals surface area contributed by atoms with Gasteiger partial charge in [0.15, 0.2) is 0 Å². The van der Waals surface area contributed by atoms with E-state index in [0.29, 0.717) is 19.5 Å². The van der Waals surface area contributed by atoms with Crippen molar-refractivity contribution in [3.05, 3.63) is 0 Å². The standard InChI is InChI=1S/C13H22N2O4/c1-8-3-2-6-15(11(8)13(17)18)12(16)10-5-4-9(7-14)19-10/h8-11H,2-7,14H2,1H3,(H,17,18). The van der Waals surface area contributed by atoms with Gasteiger partial charge in [-0.3, -0.25) is 4.79 Å². The van der Waals surface area contributed by atoms with E-state index in [1.165, 1.54) is 4.90 Å². The summed E-state index contributed by atoms with van der Waals surface area (Å²) in [6, 6.07) is -0.721. The van der Waals surface area contributed by atoms with Crippen LogP contribution in [-0.4, -0.2) is 53.2 Å². The Bertz CT molecular complexity index is 361. The maximum absolute atomic E-state index is 12.4. The lowest BCUT2D eigenvalue weighted by molar-refractivity contribution is -0.160. The van der Waals surface area contributed by atoms with Crippen molar-refractivity contribution in [3.8, 4) is 0 Å². The van der Waals surface area contributed by atoms with Crippen LogP contribution in [0.5, 0.6) is 0 Å². The smallest absolute Gasteiger partial charge is 0.326 e. The molecule has 4 unspecified atom stereocenters. The number of hydrogen-bond donors (Lipinski definition) is 2. The zero-order chi connectivity index (χ0) is 14.0. The van der Waals surface area contributed by atoms with E-state index in [9.17, 15) is 14.7 Å². The zero-order valence-electron chi connectivity index (χ0n) is 11.2. The number of carbonyl (C=O) groups is 2. The van der Waals surface area contributed by atoms with Crippen molar-refractivity contribution >= 4 is 11.9 Å². The Morgan fingerprint density at radius 2 is 2.11 bits per heavy atom. The van der Waals surface area contributed by atoms with Gasteiger partial charge in [-0.05, 0) is 31.6 Å². The number of aliphatic carboxylic acids is 1. The number of nitrogens with zero attached hydrogens (tertiary/aromatic N) is 1. The minimum Gasteiger partial charge on any atom is -0.480 e. The number of ether oxygens (including phenoxy) is 1. The van der Waals surface area contributed by atoms with Crippen LogP contribution in [0, 0.1) is 5.92 Å². The van der Waals surface area contributed by atoms with E-state index < -0.39 is 18.1 Å². The molecule has 2 saturated heterocycles. The summed E-state index contributed by atoms with van der Waals surface area (Å²) in [6.45, 7) is 2.80. The van der Waals surface area contributed by atoms with Crippen LogP contribution in [-0.2, 0) is 14.3 Å². The van der Waals surface area contributed by atoms with Crippen molar-refractivity contribution in [2.24, 2.45) is 11.7 Å². The van der Waals surface area contributed by atoms with Gasteiger partial charge in [0, 0.05) is 13.1 Å². The van der Waals surface area contributed by atoms with Gasteiger partial charge in [-0.2, -0.15) is 0 Å². The van der Waals surface area contributed by atoms with Crippen LogP contribution < -0.4 is 5.73 Å². The first-order chi connectivity index (χ1) is 9.04. The van der Waals surface area contributed by atoms with Gasteiger partial charge in [-0.15, -0.1) is 0 Å². The van der Waals surface area contributed by atoms with Gasteiger partial charge in [-0.1, -0.05) is 6.92 Å². The fraction of sp³-hybridized carbons (Fsp3) is 0.846. The van der Waals surface area contributed by atoms with E-state index in [0.717, 1.165) is 19.3 Å². The van der Waals surface area contributed by atoms with Gasteiger partial charge in [0.2, 0.25) is 0 Å². The maximum Gasteiger partial charge on any atom is 0.326 e. The third kappa shape index (κ3) is 2.90. The minimum absolute atomic E-state index is 0.0121. The third-order valence-corrected chi connectivity index (χ3v) is 4.12. The Hall–Kier alpha value is -1.14. The predicted molar refractivity (Wildman–Crippen MR) is 68.5 cm³/mol. The van der Waals surface area contributed by atoms with Crippen LogP contribution in [0.4, 0.5) is 0 Å². The Kier molecular flexibility index (Phi) is 4.42. The number of carbonyl (C=O) groups excluding carboxylic acids is 1. The lowest BCUT2D eigenvalue weighted by Crippen LogP contribution is -2.54. The fourth-order valence-corrected chi connectivity index (χ4v) is 3.06. The number of amides is 1. The number of carboxylic acids is 1. The van der Waals surface area contributed by atoms with Crippen LogP contribution in [0.2, 0.25) is 0 Å². The Morgan fingerprint density at radius 1 is 1.37 bits per heavy atom. The van der Waals surface area contributed by atoms with Gasteiger partial charge < -0.3 is 20.5 Å². The Balaban J connectivity index is 2.06. The average Bonchev–Trinajstić information content (AvgIpc) is 2.85. The summed E-state index contributed by atoms with van der Waals surface area (Å²) < 4.78 is 5.58. The molecule has 0 saturated carbocycles. The number of rotatable bonds is 3. The van der Waals surface area contributed by atoms with E-state index in [-0.39, 0.29) is 17.9 Å². The molecular weight excluding hydrogens is 248 g/mol. The highest BCUT2D eigenvalue weighted by Gasteiger charge is 2.41. The molecular formula is C13H22N2O4. The summed E-state index contributed by atoms with van der Waals surface area (Å²) in [4.78, 5) is 25.3. The molecule has 2 aliphatic rings. The molecule has 0 aliphatic carbocycles. The Labute approximate surface area is 112 Å². The SMILES string of the molecule is CC1CCCN(C(=O)C2CCC(CN)O2)C1C(=O)O. The van der Waals surface area contributed by atoms with Crippen molar-refractivity contribution in [3.63, 3.8) is 0 Å². The molecule has 1 amide bonds. The second-order valence-electron chi connectivity index (χ2n) is 5.49. The molecule has 6 heteroatoms. The van der Waals surface area contributed by atoms with Crippen LogP contribution >= 0.6 is 0 Å². The summed E-state index contributed by atoms with van der Waals surface area (Å²) in [5.74, 6) is -1.12. The monoisotopic (exact) mass is 270 g/mol. The molecule has 19 heavy (non-hydrogen) atoms. The molecule has 3 N–H and O–H groups in total. The molecule has 4 atom stereocenters. The quantitative estimate of drug-likeness (QED) is 0.764. The highest BCUT2D eigenvalue weighted by atomic mass is 16.5. The van der Waals surface area contributed by atoms with E-state index in [2.05, 4.69) is 0 Å². The van der Waals surface area contributed by atoms with Gasteiger partial charge in [-0.25, -0.2) is 4.79 Å². The molecule has 0 aromatic rings. The molecule has 0 radical (unpaired) electrons. The molecule has 0 spiro atoms. The fourth-order valence-electron chi connectivity index (χ4n) is 3.06. The topological polar surface area (TPSA) is 92.9 Å². The van der Waals surface area contributed by atoms with Crippen LogP contribution in [0.1, 0.15) is 32.6 Å².